The second-order valence-electron chi connectivity index (χ2n) is 4.81. The topological polar surface area (TPSA) is 82.3 Å². The summed E-state index contributed by atoms with van der Waals surface area (Å²) in [4.78, 5) is 27.3. The van der Waals surface area contributed by atoms with Gasteiger partial charge in [0, 0.05) is 28.4 Å². The largest absolute Gasteiger partial charge is 0.438 e. The zero-order chi connectivity index (χ0) is 15.9. The predicted molar refractivity (Wildman–Crippen MR) is 85.3 cm³/mol. The molecule has 0 aliphatic rings. The molecule has 22 heavy (non-hydrogen) atoms. The highest BCUT2D eigenvalue weighted by molar-refractivity contribution is 6.30. The molecule has 0 aliphatic heterocycles. The molecule has 0 spiro atoms. The van der Waals surface area contributed by atoms with Crippen LogP contribution in [0.5, 0.6) is 11.6 Å². The Hall–Kier alpha value is -2.66. The quantitative estimate of drug-likeness (QED) is 0.752. The minimum absolute atomic E-state index is 0.0608. The maximum Gasteiger partial charge on any atom is 0.249 e. The maximum atomic E-state index is 11.7. The maximum absolute atomic E-state index is 11.7. The van der Waals surface area contributed by atoms with E-state index in [1.54, 1.807) is 30.3 Å². The molecule has 2 aromatic carbocycles. The van der Waals surface area contributed by atoms with Crippen LogP contribution in [-0.2, 0) is 0 Å². The summed E-state index contributed by atoms with van der Waals surface area (Å²) in [6.07, 6.45) is 0. The molecule has 0 atom stereocenters. The average Bonchev–Trinajstić information content (AvgIpc) is 2.49. The Morgan fingerprint density at radius 3 is 2.59 bits per heavy atom. The summed E-state index contributed by atoms with van der Waals surface area (Å²) in [6.45, 7) is 1.83. The number of nitrogens with two attached hydrogens (primary N) is 1. The minimum atomic E-state index is -0.676. The number of aryl methyl sites for hydroxylation is 1. The molecule has 0 aliphatic carbocycles. The van der Waals surface area contributed by atoms with E-state index in [-0.39, 0.29) is 11.3 Å². The van der Waals surface area contributed by atoms with Crippen molar-refractivity contribution in [1.29, 1.82) is 0 Å². The van der Waals surface area contributed by atoms with Gasteiger partial charge in [-0.25, -0.2) is 4.98 Å². The molecule has 5 nitrogen and oxygen atoms in total. The van der Waals surface area contributed by atoms with Gasteiger partial charge in [-0.2, -0.15) is 0 Å². The first-order valence-electron chi connectivity index (χ1n) is 6.47. The van der Waals surface area contributed by atoms with Crippen molar-refractivity contribution in [2.75, 3.05) is 5.73 Å². The summed E-state index contributed by atoms with van der Waals surface area (Å²) < 4.78 is 5.71. The lowest BCUT2D eigenvalue weighted by atomic mass is 9.98. The van der Waals surface area contributed by atoms with Crippen LogP contribution in [0, 0.1) is 6.92 Å². The summed E-state index contributed by atoms with van der Waals surface area (Å²) in [5.74, 6) is 0.685. The number of nitrogen functional groups attached to an aromatic ring is 1. The van der Waals surface area contributed by atoms with Gasteiger partial charge < -0.3 is 10.5 Å². The van der Waals surface area contributed by atoms with Crippen LogP contribution in [0.3, 0.4) is 0 Å². The first-order chi connectivity index (χ1) is 10.5. The van der Waals surface area contributed by atoms with Gasteiger partial charge in [0.2, 0.25) is 16.7 Å². The Kier molecular flexibility index (Phi) is 3.42. The van der Waals surface area contributed by atoms with E-state index >= 15 is 0 Å². The van der Waals surface area contributed by atoms with Gasteiger partial charge >= 0.3 is 0 Å². The number of aromatic nitrogens is 1. The highest BCUT2D eigenvalue weighted by Crippen LogP contribution is 2.35. The molecular formula is C16H11ClN2O3. The lowest BCUT2D eigenvalue weighted by molar-refractivity contribution is 0.463. The zero-order valence-electron chi connectivity index (χ0n) is 11.6. The molecule has 3 aromatic rings. The Bertz CT molecular complexity index is 943. The Labute approximate surface area is 130 Å². The van der Waals surface area contributed by atoms with Crippen molar-refractivity contribution in [3.8, 4) is 22.8 Å². The highest BCUT2D eigenvalue weighted by Gasteiger charge is 2.23. The summed E-state index contributed by atoms with van der Waals surface area (Å²) >= 11 is 5.98. The van der Waals surface area contributed by atoms with E-state index in [0.717, 1.165) is 5.69 Å². The Morgan fingerprint density at radius 1 is 1.14 bits per heavy atom. The number of pyridine rings is 1. The number of rotatable bonds is 3. The van der Waals surface area contributed by atoms with E-state index in [0.29, 0.717) is 22.2 Å². The molecule has 110 valence electrons. The van der Waals surface area contributed by atoms with Crippen LogP contribution >= 0.6 is 11.6 Å². The summed E-state index contributed by atoms with van der Waals surface area (Å²) in [7, 11) is 0. The molecule has 0 saturated heterocycles. The standard InChI is InChI=1S/C16H11ClN2O3/c1-8-3-2-4-12(19-8)22-11-7-9(17)5-6-10(11)13-14(18)16(21)15(13)20/h2-7H,18H2,1H3. The van der Waals surface area contributed by atoms with Crippen molar-refractivity contribution in [3.05, 3.63) is 67.6 Å². The average molecular weight is 315 g/mol. The third-order valence-electron chi connectivity index (χ3n) is 3.24. The van der Waals surface area contributed by atoms with Crippen molar-refractivity contribution in [3.63, 3.8) is 0 Å². The molecule has 0 amide bonds. The van der Waals surface area contributed by atoms with E-state index in [4.69, 9.17) is 22.1 Å². The van der Waals surface area contributed by atoms with Crippen LogP contribution < -0.4 is 21.3 Å². The normalized spacial score (nSPS) is 10.8. The van der Waals surface area contributed by atoms with Crippen LogP contribution in [-0.4, -0.2) is 4.98 Å². The third kappa shape index (κ3) is 2.35. The van der Waals surface area contributed by atoms with Crippen molar-refractivity contribution in [1.82, 2.24) is 4.98 Å². The number of anilines is 1. The highest BCUT2D eigenvalue weighted by atomic mass is 35.5. The summed E-state index contributed by atoms with van der Waals surface area (Å²) in [6, 6.07) is 10.1. The van der Waals surface area contributed by atoms with Gasteiger partial charge in [0.1, 0.15) is 5.75 Å². The van der Waals surface area contributed by atoms with Gasteiger partial charge in [0.05, 0.1) is 11.3 Å². The summed E-state index contributed by atoms with van der Waals surface area (Å²) in [5, 5.41) is 0.434. The number of hydrogen-bond donors (Lipinski definition) is 1. The minimum Gasteiger partial charge on any atom is -0.438 e. The van der Waals surface area contributed by atoms with E-state index in [1.807, 2.05) is 13.0 Å². The van der Waals surface area contributed by atoms with Crippen LogP contribution in [0.15, 0.2) is 46.0 Å². The molecule has 0 radical (unpaired) electrons. The molecule has 3 rings (SSSR count). The zero-order valence-corrected chi connectivity index (χ0v) is 12.3. The van der Waals surface area contributed by atoms with Crippen LogP contribution in [0.2, 0.25) is 5.02 Å². The number of benzene rings is 1. The molecule has 2 N–H and O–H groups in total. The van der Waals surface area contributed by atoms with E-state index in [1.165, 1.54) is 0 Å². The monoisotopic (exact) mass is 314 g/mol. The molecule has 0 unspecified atom stereocenters. The second kappa shape index (κ2) is 5.27. The number of ether oxygens (including phenoxy) is 1. The molecule has 0 bridgehead atoms. The second-order valence-corrected chi connectivity index (χ2v) is 5.24. The molecular weight excluding hydrogens is 304 g/mol. The van der Waals surface area contributed by atoms with Gasteiger partial charge in [-0.15, -0.1) is 0 Å². The van der Waals surface area contributed by atoms with Crippen molar-refractivity contribution in [2.24, 2.45) is 0 Å². The van der Waals surface area contributed by atoms with Crippen molar-refractivity contribution >= 4 is 17.3 Å². The summed E-state index contributed by atoms with van der Waals surface area (Å²) in [5.41, 5.74) is 5.63. The fourth-order valence-electron chi connectivity index (χ4n) is 2.15. The van der Waals surface area contributed by atoms with Gasteiger partial charge in [-0.05, 0) is 25.1 Å². The van der Waals surface area contributed by atoms with Crippen LogP contribution in [0.1, 0.15) is 5.69 Å². The fourth-order valence-corrected chi connectivity index (χ4v) is 2.31. The van der Waals surface area contributed by atoms with Gasteiger partial charge in [-0.1, -0.05) is 17.7 Å². The van der Waals surface area contributed by atoms with E-state index in [9.17, 15) is 9.59 Å². The first kappa shape index (κ1) is 14.3. The van der Waals surface area contributed by atoms with Crippen LogP contribution in [0.25, 0.3) is 11.1 Å². The fraction of sp³-hybridized carbons (Fsp3) is 0.0625. The Balaban J connectivity index is 2.10. The lowest BCUT2D eigenvalue weighted by Crippen LogP contribution is -2.35. The van der Waals surface area contributed by atoms with E-state index in [2.05, 4.69) is 4.98 Å². The molecule has 0 saturated carbocycles. The van der Waals surface area contributed by atoms with Crippen LogP contribution in [0.4, 0.5) is 5.69 Å². The number of nitrogens with zero attached hydrogens (tertiary/aromatic N) is 1. The third-order valence-corrected chi connectivity index (χ3v) is 3.47. The predicted octanol–water partition coefficient (Wildman–Crippen LogP) is 2.68. The lowest BCUT2D eigenvalue weighted by Gasteiger charge is -2.13. The molecule has 6 heteroatoms. The number of halogens is 1. The van der Waals surface area contributed by atoms with Crippen molar-refractivity contribution < 1.29 is 4.74 Å². The van der Waals surface area contributed by atoms with E-state index < -0.39 is 10.9 Å². The SMILES string of the molecule is Cc1cccc(Oc2cc(Cl)ccc2-c2c(N)c(=O)c2=O)n1. The van der Waals surface area contributed by atoms with Gasteiger partial charge in [0.15, 0.2) is 0 Å². The van der Waals surface area contributed by atoms with Gasteiger partial charge in [-0.3, -0.25) is 9.59 Å². The molecule has 1 aromatic heterocycles. The molecule has 0 fully saturated rings. The number of hydrogen-bond acceptors (Lipinski definition) is 5. The van der Waals surface area contributed by atoms with Crippen molar-refractivity contribution in [2.45, 2.75) is 6.92 Å². The van der Waals surface area contributed by atoms with Gasteiger partial charge in [0.25, 0.3) is 0 Å². The molecule has 1 heterocycles. The smallest absolute Gasteiger partial charge is 0.249 e. The Morgan fingerprint density at radius 2 is 1.91 bits per heavy atom. The first-order valence-corrected chi connectivity index (χ1v) is 6.85.